The Morgan fingerprint density at radius 3 is 2.33 bits per heavy atom. The Balaban J connectivity index is 2.10. The van der Waals surface area contributed by atoms with Gasteiger partial charge in [0.15, 0.2) is 0 Å². The van der Waals surface area contributed by atoms with Crippen molar-refractivity contribution in [3.05, 3.63) is 70.3 Å². The molecule has 0 saturated heterocycles. The zero-order chi connectivity index (χ0) is 22.2. The maximum Gasteiger partial charge on any atom is 0.459 e. The molecule has 0 heterocycles. The molecule has 2 aromatic rings. The highest BCUT2D eigenvalue weighted by atomic mass is 31.2. The highest BCUT2D eigenvalue weighted by molar-refractivity contribution is 7.52. The number of nitrogens with zero attached hydrogens (tertiary/aromatic N) is 1. The van der Waals surface area contributed by atoms with Crippen molar-refractivity contribution < 1.29 is 28.1 Å². The van der Waals surface area contributed by atoms with E-state index in [-0.39, 0.29) is 24.7 Å². The summed E-state index contributed by atoms with van der Waals surface area (Å²) in [4.78, 5) is 22.8. The van der Waals surface area contributed by atoms with Crippen molar-refractivity contribution in [1.29, 1.82) is 0 Å². The van der Waals surface area contributed by atoms with E-state index >= 15 is 0 Å². The summed E-state index contributed by atoms with van der Waals surface area (Å²) in [7, 11) is -3.99. The average molecular weight is 436 g/mol. The molecule has 1 atom stereocenters. The Morgan fingerprint density at radius 2 is 1.77 bits per heavy atom. The van der Waals surface area contributed by atoms with Crippen LogP contribution < -0.4 is 9.61 Å². The van der Waals surface area contributed by atoms with Gasteiger partial charge in [0.05, 0.1) is 11.5 Å². The zero-order valence-corrected chi connectivity index (χ0v) is 18.0. The smallest absolute Gasteiger partial charge is 0.459 e. The van der Waals surface area contributed by atoms with Crippen LogP contribution in [-0.4, -0.2) is 23.0 Å². The van der Waals surface area contributed by atoms with Crippen molar-refractivity contribution in [2.75, 3.05) is 6.61 Å². The number of nitro benzene ring substituents is 1. The number of non-ortho nitro benzene ring substituents is 1. The third kappa shape index (κ3) is 6.95. The van der Waals surface area contributed by atoms with E-state index in [0.29, 0.717) is 6.42 Å². The Morgan fingerprint density at radius 1 is 1.13 bits per heavy atom. The molecule has 0 amide bonds. The fraction of sp³-hybridized carbons (Fsp3) is 0.350. The van der Waals surface area contributed by atoms with Crippen LogP contribution in [0.5, 0.6) is 5.75 Å². The van der Waals surface area contributed by atoms with E-state index in [1.54, 1.807) is 0 Å². The Kier molecular flexibility index (Phi) is 8.11. The van der Waals surface area contributed by atoms with Gasteiger partial charge in [-0.05, 0) is 38.0 Å². The first-order valence-electron chi connectivity index (χ1n) is 9.34. The molecule has 0 aromatic heterocycles. The van der Waals surface area contributed by atoms with Crippen LogP contribution in [-0.2, 0) is 25.2 Å². The summed E-state index contributed by atoms with van der Waals surface area (Å²) in [6.07, 6.45) is 0.564. The van der Waals surface area contributed by atoms with Crippen LogP contribution >= 0.6 is 7.75 Å². The van der Waals surface area contributed by atoms with Crippen molar-refractivity contribution in [1.82, 2.24) is 5.09 Å². The number of carbonyl (C=O) groups excluding carboxylic acids is 1. The van der Waals surface area contributed by atoms with E-state index in [4.69, 9.17) is 13.8 Å². The number of carbonyl (C=O) groups is 1. The number of nitrogens with one attached hydrogen (secondary N) is 1. The molecule has 0 saturated carbocycles. The molecule has 0 bridgehead atoms. The van der Waals surface area contributed by atoms with Crippen LogP contribution in [0, 0.1) is 10.1 Å². The minimum atomic E-state index is -3.99. The van der Waals surface area contributed by atoms with E-state index in [9.17, 15) is 19.5 Å². The molecule has 0 radical (unpaired) electrons. The van der Waals surface area contributed by atoms with Crippen LogP contribution in [0.1, 0.15) is 32.8 Å². The second-order valence-electron chi connectivity index (χ2n) is 6.97. The van der Waals surface area contributed by atoms with Crippen LogP contribution in [0.3, 0.4) is 0 Å². The van der Waals surface area contributed by atoms with Crippen LogP contribution in [0.25, 0.3) is 0 Å². The van der Waals surface area contributed by atoms with E-state index in [2.05, 4.69) is 5.09 Å². The molecular weight excluding hydrogens is 411 g/mol. The van der Waals surface area contributed by atoms with Gasteiger partial charge in [0, 0.05) is 12.1 Å². The normalized spacial score (nSPS) is 13.3. The number of rotatable bonds is 11. The second kappa shape index (κ2) is 10.3. The van der Waals surface area contributed by atoms with Crippen molar-refractivity contribution in [3.8, 4) is 5.75 Å². The lowest BCUT2D eigenvalue weighted by Gasteiger charge is -2.29. The maximum absolute atomic E-state index is 13.3. The second-order valence-corrected chi connectivity index (χ2v) is 8.63. The molecule has 2 rings (SSSR count). The predicted molar refractivity (Wildman–Crippen MR) is 111 cm³/mol. The first-order valence-corrected chi connectivity index (χ1v) is 10.9. The Hall–Kier alpha value is -2.74. The van der Waals surface area contributed by atoms with Crippen LogP contribution in [0.4, 0.5) is 5.69 Å². The molecule has 30 heavy (non-hydrogen) atoms. The van der Waals surface area contributed by atoms with E-state index in [1.807, 2.05) is 37.3 Å². The van der Waals surface area contributed by atoms with Gasteiger partial charge in [0.2, 0.25) is 0 Å². The Bertz CT molecular complexity index is 901. The summed E-state index contributed by atoms with van der Waals surface area (Å²) < 4.78 is 29.5. The number of ether oxygens (including phenoxy) is 1. The summed E-state index contributed by atoms with van der Waals surface area (Å²) in [5.74, 6) is -0.542. The first-order chi connectivity index (χ1) is 14.1. The molecule has 9 nitrogen and oxygen atoms in total. The van der Waals surface area contributed by atoms with Crippen LogP contribution in [0.15, 0.2) is 54.6 Å². The van der Waals surface area contributed by atoms with Gasteiger partial charge in [-0.25, -0.2) is 4.57 Å². The van der Waals surface area contributed by atoms with Crippen molar-refractivity contribution in [2.45, 2.75) is 39.3 Å². The first kappa shape index (κ1) is 23.5. The third-order valence-corrected chi connectivity index (χ3v) is 5.68. The van der Waals surface area contributed by atoms with Gasteiger partial charge < -0.3 is 9.26 Å². The topological polar surface area (TPSA) is 117 Å². The van der Waals surface area contributed by atoms with Gasteiger partial charge in [0.1, 0.15) is 17.9 Å². The van der Waals surface area contributed by atoms with Gasteiger partial charge >= 0.3 is 13.7 Å². The Labute approximate surface area is 175 Å². The molecule has 0 aliphatic rings. The van der Waals surface area contributed by atoms with E-state index in [1.165, 1.54) is 38.1 Å². The third-order valence-electron chi connectivity index (χ3n) is 3.88. The number of hydrogen-bond acceptors (Lipinski definition) is 7. The van der Waals surface area contributed by atoms with Gasteiger partial charge in [-0.1, -0.05) is 37.3 Å². The highest BCUT2D eigenvalue weighted by Crippen LogP contribution is 2.46. The van der Waals surface area contributed by atoms with Crippen molar-refractivity contribution >= 4 is 19.4 Å². The van der Waals surface area contributed by atoms with Gasteiger partial charge in [0.25, 0.3) is 5.69 Å². The fourth-order valence-electron chi connectivity index (χ4n) is 2.35. The molecular formula is C20H25N2O7P. The summed E-state index contributed by atoms with van der Waals surface area (Å²) in [5, 5.41) is 13.4. The van der Waals surface area contributed by atoms with Crippen molar-refractivity contribution in [3.63, 3.8) is 0 Å². The largest absolute Gasteiger partial charge is 0.459 e. The molecule has 2 aromatic carbocycles. The molecule has 0 aliphatic heterocycles. The highest BCUT2D eigenvalue weighted by Gasteiger charge is 2.40. The summed E-state index contributed by atoms with van der Waals surface area (Å²) >= 11 is 0. The predicted octanol–water partition coefficient (Wildman–Crippen LogP) is 4.62. The summed E-state index contributed by atoms with van der Waals surface area (Å²) in [6, 6.07) is 14.2. The number of benzene rings is 2. The average Bonchev–Trinajstić information content (AvgIpc) is 2.71. The SMILES string of the molecule is CCCOP(=O)(NC(C)(C)C(=O)OCc1ccccc1)Oc1ccc([N+](=O)[O-])cc1. The summed E-state index contributed by atoms with van der Waals surface area (Å²) in [5.41, 5.74) is -0.711. The van der Waals surface area contributed by atoms with Crippen molar-refractivity contribution in [2.24, 2.45) is 0 Å². The van der Waals surface area contributed by atoms with E-state index in [0.717, 1.165) is 5.56 Å². The monoisotopic (exact) mass is 436 g/mol. The van der Waals surface area contributed by atoms with Gasteiger partial charge in [-0.3, -0.25) is 19.4 Å². The maximum atomic E-state index is 13.3. The fourth-order valence-corrected chi connectivity index (χ4v) is 4.11. The molecule has 1 N–H and O–H groups in total. The number of esters is 1. The zero-order valence-electron chi connectivity index (χ0n) is 17.1. The minimum Gasteiger partial charge on any atom is -0.459 e. The molecule has 10 heteroatoms. The standard InChI is InChI=1S/C20H25N2O7P/c1-4-14-28-30(26,29-18-12-10-17(11-13-18)22(24)25)21-20(2,3)19(23)27-15-16-8-6-5-7-9-16/h5-13H,4,14-15H2,1-3H3,(H,21,26). The number of hydrogen-bond donors (Lipinski definition) is 1. The summed E-state index contributed by atoms with van der Waals surface area (Å²) in [6.45, 7) is 5.01. The van der Waals surface area contributed by atoms with Crippen LogP contribution in [0.2, 0.25) is 0 Å². The minimum absolute atomic E-state index is 0.0636. The number of nitro groups is 1. The lowest BCUT2D eigenvalue weighted by atomic mass is 10.1. The quantitative estimate of drug-likeness (QED) is 0.235. The lowest BCUT2D eigenvalue weighted by molar-refractivity contribution is -0.384. The van der Waals surface area contributed by atoms with Gasteiger partial charge in [-0.2, -0.15) is 5.09 Å². The molecule has 0 spiro atoms. The molecule has 162 valence electrons. The van der Waals surface area contributed by atoms with E-state index < -0.39 is 24.2 Å². The molecule has 1 unspecified atom stereocenters. The molecule has 0 aliphatic carbocycles. The molecule has 0 fully saturated rings. The lowest BCUT2D eigenvalue weighted by Crippen LogP contribution is -2.47. The van der Waals surface area contributed by atoms with Gasteiger partial charge in [-0.15, -0.1) is 0 Å².